The number of pyridine rings is 2. The average Bonchev–Trinajstić information content (AvgIpc) is 3.46. The minimum Gasteiger partial charge on any atom is -0.457 e. The van der Waals surface area contributed by atoms with E-state index in [0.29, 0.717) is 5.11 Å². The van der Waals surface area contributed by atoms with Crippen molar-refractivity contribution in [2.24, 2.45) is 0 Å². The smallest absolute Gasteiger partial charge is 0.174 e. The van der Waals surface area contributed by atoms with Crippen molar-refractivity contribution in [1.82, 2.24) is 19.9 Å². The summed E-state index contributed by atoms with van der Waals surface area (Å²) in [6.07, 6.45) is 3.74. The number of nitrogens with zero attached hydrogens (tertiary/aromatic N) is 4. The maximum atomic E-state index is 6.09. The second-order valence-electron chi connectivity index (χ2n) is 10.3. The molecule has 0 amide bonds. The number of thiocarbonyl (C=S) groups is 1. The summed E-state index contributed by atoms with van der Waals surface area (Å²) in [6.45, 7) is 8.39. The van der Waals surface area contributed by atoms with Crippen LogP contribution in [0.4, 0.5) is 5.69 Å². The number of benzene rings is 2. The van der Waals surface area contributed by atoms with Crippen LogP contribution in [0.2, 0.25) is 0 Å². The fraction of sp³-hybridized carbons (Fsp3) is 0.182. The van der Waals surface area contributed by atoms with E-state index < -0.39 is 0 Å². The predicted molar refractivity (Wildman–Crippen MR) is 163 cm³/mol. The van der Waals surface area contributed by atoms with Gasteiger partial charge in [-0.25, -0.2) is 4.98 Å². The van der Waals surface area contributed by atoms with Gasteiger partial charge < -0.3 is 19.5 Å². The number of aromatic nitrogens is 3. The molecule has 3 aromatic heterocycles. The van der Waals surface area contributed by atoms with Gasteiger partial charge in [0.15, 0.2) is 5.11 Å². The van der Waals surface area contributed by atoms with Crippen molar-refractivity contribution in [1.29, 1.82) is 0 Å². The molecule has 0 saturated carbocycles. The largest absolute Gasteiger partial charge is 0.457 e. The third-order valence-corrected chi connectivity index (χ3v) is 7.70. The van der Waals surface area contributed by atoms with Gasteiger partial charge in [-0.15, -0.1) is 0 Å². The second kappa shape index (κ2) is 10.6. The minimum absolute atomic E-state index is 0.114. The highest BCUT2D eigenvalue weighted by Gasteiger charge is 2.42. The van der Waals surface area contributed by atoms with Crippen LogP contribution in [0, 0.1) is 27.7 Å². The molecule has 0 spiro atoms. The molecule has 200 valence electrons. The Morgan fingerprint density at radius 2 is 1.50 bits per heavy atom. The quantitative estimate of drug-likeness (QED) is 0.223. The number of rotatable bonds is 6. The molecule has 7 heteroatoms. The van der Waals surface area contributed by atoms with Crippen LogP contribution >= 0.6 is 12.2 Å². The summed E-state index contributed by atoms with van der Waals surface area (Å²) in [7, 11) is 0. The number of nitrogens with one attached hydrogen (secondary N) is 1. The maximum absolute atomic E-state index is 6.09. The Kier molecular flexibility index (Phi) is 6.82. The van der Waals surface area contributed by atoms with E-state index in [1.165, 1.54) is 11.1 Å². The monoisotopic (exact) mass is 545 g/mol. The molecule has 0 unspecified atom stereocenters. The molecule has 1 N–H and O–H groups in total. The summed E-state index contributed by atoms with van der Waals surface area (Å²) in [4.78, 5) is 11.6. The van der Waals surface area contributed by atoms with E-state index in [-0.39, 0.29) is 12.1 Å². The molecule has 1 fully saturated rings. The average molecular weight is 546 g/mol. The van der Waals surface area contributed by atoms with E-state index in [0.717, 1.165) is 45.6 Å². The van der Waals surface area contributed by atoms with E-state index >= 15 is 0 Å². The van der Waals surface area contributed by atoms with E-state index in [1.54, 1.807) is 0 Å². The first-order chi connectivity index (χ1) is 19.4. The van der Waals surface area contributed by atoms with Crippen molar-refractivity contribution in [2.75, 3.05) is 4.90 Å². The van der Waals surface area contributed by atoms with Gasteiger partial charge in [0.25, 0.3) is 0 Å². The minimum atomic E-state index is -0.128. The maximum Gasteiger partial charge on any atom is 0.174 e. The summed E-state index contributed by atoms with van der Waals surface area (Å²) >= 11 is 5.95. The molecule has 4 heterocycles. The van der Waals surface area contributed by atoms with Gasteiger partial charge in [0.05, 0.1) is 17.8 Å². The summed E-state index contributed by atoms with van der Waals surface area (Å²) in [5, 5.41) is 4.23. The van der Waals surface area contributed by atoms with E-state index in [4.69, 9.17) is 26.9 Å². The molecule has 2 atom stereocenters. The van der Waals surface area contributed by atoms with Crippen molar-refractivity contribution in [3.63, 3.8) is 0 Å². The zero-order valence-electron chi connectivity index (χ0n) is 23.0. The van der Waals surface area contributed by atoms with Crippen LogP contribution in [0.5, 0.6) is 11.5 Å². The lowest BCUT2D eigenvalue weighted by atomic mass is 9.96. The highest BCUT2D eigenvalue weighted by molar-refractivity contribution is 7.80. The third-order valence-electron chi connectivity index (χ3n) is 7.38. The highest BCUT2D eigenvalue weighted by Crippen LogP contribution is 2.44. The lowest BCUT2D eigenvalue weighted by Gasteiger charge is -2.28. The SMILES string of the molecule is Cc1ccc(Oc2ccc(N3C(=S)N[C@@H](c4ccccn4)[C@@H]3c3cc(C)n(-c4ccc(C)cn4)c3C)cc2)cc1. The first kappa shape index (κ1) is 25.8. The van der Waals surface area contributed by atoms with E-state index in [9.17, 15) is 0 Å². The topological polar surface area (TPSA) is 55.2 Å². The number of hydrogen-bond donors (Lipinski definition) is 1. The summed E-state index contributed by atoms with van der Waals surface area (Å²) < 4.78 is 8.30. The Labute approximate surface area is 240 Å². The molecule has 0 aliphatic carbocycles. The Balaban J connectivity index is 1.40. The number of ether oxygens (including phenoxy) is 1. The number of aryl methyl sites for hydroxylation is 3. The molecular formula is C33H31N5OS. The lowest BCUT2D eigenvalue weighted by Crippen LogP contribution is -2.29. The van der Waals surface area contributed by atoms with Gasteiger partial charge in [-0.3, -0.25) is 4.98 Å². The van der Waals surface area contributed by atoms with Crippen LogP contribution in [-0.2, 0) is 0 Å². The Bertz CT molecular complexity index is 1640. The van der Waals surface area contributed by atoms with E-state index in [2.05, 4.69) is 78.9 Å². The molecule has 0 bridgehead atoms. The zero-order valence-corrected chi connectivity index (χ0v) is 23.8. The van der Waals surface area contributed by atoms with Crippen LogP contribution in [0.25, 0.3) is 5.82 Å². The standard InChI is InChI=1S/C33H31N5OS/c1-21-8-13-26(14-9-21)39-27-15-11-25(12-16-27)38-32(31(36-33(38)40)29-7-5-6-18-34-29)28-19-23(3)37(24(28)4)30-17-10-22(2)20-35-30/h5-20,31-32H,1-4H3,(H,36,40)/t31-,32-/m0/s1. The van der Waals surface area contributed by atoms with Crippen molar-refractivity contribution in [2.45, 2.75) is 39.8 Å². The molecule has 1 aliphatic heterocycles. The van der Waals surface area contributed by atoms with Gasteiger partial charge in [-0.05, 0) is 112 Å². The van der Waals surface area contributed by atoms with Gasteiger partial charge in [-0.1, -0.05) is 29.8 Å². The summed E-state index contributed by atoms with van der Waals surface area (Å²) in [5.74, 6) is 2.48. The van der Waals surface area contributed by atoms with Crippen LogP contribution in [0.15, 0.2) is 97.3 Å². The second-order valence-corrected chi connectivity index (χ2v) is 10.6. The van der Waals surface area contributed by atoms with Crippen molar-refractivity contribution >= 4 is 23.0 Å². The van der Waals surface area contributed by atoms with Gasteiger partial charge in [0, 0.05) is 29.5 Å². The Morgan fingerprint density at radius 1 is 0.800 bits per heavy atom. The summed E-state index contributed by atoms with van der Waals surface area (Å²) in [6, 6.07) is 28.3. The molecule has 5 aromatic rings. The van der Waals surface area contributed by atoms with Crippen LogP contribution in [-0.4, -0.2) is 19.6 Å². The Morgan fingerprint density at radius 3 is 2.15 bits per heavy atom. The van der Waals surface area contributed by atoms with Crippen molar-refractivity contribution in [3.05, 3.63) is 131 Å². The lowest BCUT2D eigenvalue weighted by molar-refractivity contribution is 0.482. The molecule has 2 aromatic carbocycles. The third kappa shape index (κ3) is 4.84. The molecule has 6 rings (SSSR count). The summed E-state index contributed by atoms with van der Waals surface area (Å²) in [5.41, 5.74) is 7.66. The van der Waals surface area contributed by atoms with Gasteiger partial charge in [0.2, 0.25) is 0 Å². The molecular weight excluding hydrogens is 514 g/mol. The first-order valence-corrected chi connectivity index (χ1v) is 13.8. The normalized spacial score (nSPS) is 16.7. The van der Waals surface area contributed by atoms with E-state index in [1.807, 2.05) is 60.9 Å². The molecule has 1 aliphatic rings. The van der Waals surface area contributed by atoms with Gasteiger partial charge in [0.1, 0.15) is 17.3 Å². The molecule has 40 heavy (non-hydrogen) atoms. The van der Waals surface area contributed by atoms with Crippen LogP contribution in [0.1, 0.15) is 45.9 Å². The molecule has 6 nitrogen and oxygen atoms in total. The van der Waals surface area contributed by atoms with Crippen molar-refractivity contribution < 1.29 is 4.74 Å². The zero-order chi connectivity index (χ0) is 27.8. The van der Waals surface area contributed by atoms with Gasteiger partial charge in [-0.2, -0.15) is 0 Å². The number of anilines is 1. The predicted octanol–water partition coefficient (Wildman–Crippen LogP) is 7.47. The molecule has 0 radical (unpaired) electrons. The fourth-order valence-corrected chi connectivity index (χ4v) is 5.74. The van der Waals surface area contributed by atoms with Crippen LogP contribution in [0.3, 0.4) is 0 Å². The van der Waals surface area contributed by atoms with Gasteiger partial charge >= 0.3 is 0 Å². The van der Waals surface area contributed by atoms with Crippen molar-refractivity contribution in [3.8, 4) is 17.3 Å². The highest BCUT2D eigenvalue weighted by atomic mass is 32.1. The van der Waals surface area contributed by atoms with Crippen LogP contribution < -0.4 is 15.0 Å². The first-order valence-electron chi connectivity index (χ1n) is 13.4. The Hall–Kier alpha value is -4.49. The fourth-order valence-electron chi connectivity index (χ4n) is 5.40. The number of hydrogen-bond acceptors (Lipinski definition) is 4. The molecule has 1 saturated heterocycles.